The monoisotopic (exact) mass is 356 g/mol. The van der Waals surface area contributed by atoms with Gasteiger partial charge in [-0.1, -0.05) is 26.0 Å². The molecule has 0 aliphatic rings. The molecule has 0 bridgehead atoms. The molecule has 1 aromatic carbocycles. The van der Waals surface area contributed by atoms with Gasteiger partial charge in [0.1, 0.15) is 5.75 Å². The standard InChI is InChI=1S/C17H28N2O4S/c1-14(2)9-11-19(24(4,21)22)12-10-17(20)18-13-15-5-7-16(23-3)8-6-15/h5-8,14H,9-13H2,1-4H3,(H,18,20). The smallest absolute Gasteiger partial charge is 0.221 e. The number of hydrogen-bond donors (Lipinski definition) is 1. The predicted molar refractivity (Wildman–Crippen MR) is 95.3 cm³/mol. The number of hydrogen-bond acceptors (Lipinski definition) is 4. The van der Waals surface area contributed by atoms with Gasteiger partial charge < -0.3 is 10.1 Å². The zero-order valence-corrected chi connectivity index (χ0v) is 15.7. The van der Waals surface area contributed by atoms with Gasteiger partial charge in [-0.2, -0.15) is 0 Å². The zero-order chi connectivity index (χ0) is 18.2. The van der Waals surface area contributed by atoms with Crippen molar-refractivity contribution in [3.05, 3.63) is 29.8 Å². The van der Waals surface area contributed by atoms with Crippen LogP contribution >= 0.6 is 0 Å². The largest absolute Gasteiger partial charge is 0.497 e. The molecule has 0 aliphatic heterocycles. The van der Waals surface area contributed by atoms with Crippen LogP contribution in [-0.2, 0) is 21.4 Å². The topological polar surface area (TPSA) is 75.7 Å². The van der Waals surface area contributed by atoms with Crippen LogP contribution in [-0.4, -0.2) is 45.1 Å². The molecule has 0 radical (unpaired) electrons. The lowest BCUT2D eigenvalue weighted by Crippen LogP contribution is -2.35. The van der Waals surface area contributed by atoms with E-state index in [2.05, 4.69) is 5.32 Å². The highest BCUT2D eigenvalue weighted by Crippen LogP contribution is 2.11. The number of ether oxygens (including phenoxy) is 1. The van der Waals surface area contributed by atoms with E-state index >= 15 is 0 Å². The number of amides is 1. The lowest BCUT2D eigenvalue weighted by atomic mass is 10.1. The second kappa shape index (κ2) is 9.64. The normalized spacial score (nSPS) is 11.8. The number of carbonyl (C=O) groups excluding carboxylic acids is 1. The van der Waals surface area contributed by atoms with Crippen molar-refractivity contribution < 1.29 is 17.9 Å². The maximum absolute atomic E-state index is 12.0. The number of nitrogens with zero attached hydrogens (tertiary/aromatic N) is 1. The molecule has 0 aliphatic carbocycles. The van der Waals surface area contributed by atoms with Gasteiger partial charge >= 0.3 is 0 Å². The molecule has 0 unspecified atom stereocenters. The first-order valence-corrected chi connectivity index (χ1v) is 9.92. The van der Waals surface area contributed by atoms with Crippen LogP contribution in [0, 0.1) is 5.92 Å². The van der Waals surface area contributed by atoms with Crippen LogP contribution in [0.15, 0.2) is 24.3 Å². The fraction of sp³-hybridized carbons (Fsp3) is 0.588. The summed E-state index contributed by atoms with van der Waals surface area (Å²) in [4.78, 5) is 12.0. The predicted octanol–water partition coefficient (Wildman–Crippen LogP) is 2.01. The van der Waals surface area contributed by atoms with E-state index < -0.39 is 10.0 Å². The molecule has 6 nitrogen and oxygen atoms in total. The molecular weight excluding hydrogens is 328 g/mol. The highest BCUT2D eigenvalue weighted by molar-refractivity contribution is 7.88. The lowest BCUT2D eigenvalue weighted by molar-refractivity contribution is -0.121. The van der Waals surface area contributed by atoms with Crippen LogP contribution in [0.4, 0.5) is 0 Å². The van der Waals surface area contributed by atoms with Crippen LogP contribution in [0.1, 0.15) is 32.3 Å². The second-order valence-electron chi connectivity index (χ2n) is 6.22. The minimum Gasteiger partial charge on any atom is -0.497 e. The Kier molecular flexibility index (Phi) is 8.21. The van der Waals surface area contributed by atoms with E-state index in [1.807, 2.05) is 38.1 Å². The van der Waals surface area contributed by atoms with Crippen molar-refractivity contribution in [2.75, 3.05) is 26.5 Å². The fourth-order valence-corrected chi connectivity index (χ4v) is 2.96. The van der Waals surface area contributed by atoms with Gasteiger partial charge in [0.25, 0.3) is 0 Å². The Morgan fingerprint density at radius 2 is 1.83 bits per heavy atom. The Labute approximate surface area is 145 Å². The highest BCUT2D eigenvalue weighted by Gasteiger charge is 2.17. The summed E-state index contributed by atoms with van der Waals surface area (Å²) >= 11 is 0. The van der Waals surface area contributed by atoms with Crippen LogP contribution in [0.25, 0.3) is 0 Å². The molecule has 0 heterocycles. The van der Waals surface area contributed by atoms with Crippen LogP contribution < -0.4 is 10.1 Å². The Morgan fingerprint density at radius 1 is 1.21 bits per heavy atom. The fourth-order valence-electron chi connectivity index (χ4n) is 2.10. The summed E-state index contributed by atoms with van der Waals surface area (Å²) in [6.07, 6.45) is 2.12. The molecule has 0 atom stereocenters. The molecule has 136 valence electrons. The third-order valence-electron chi connectivity index (χ3n) is 3.66. The van der Waals surface area contributed by atoms with Gasteiger partial charge in [0.2, 0.25) is 15.9 Å². The molecule has 0 aromatic heterocycles. The van der Waals surface area contributed by atoms with Gasteiger partial charge in [0.15, 0.2) is 0 Å². The number of benzene rings is 1. The van der Waals surface area contributed by atoms with E-state index in [1.165, 1.54) is 10.6 Å². The third-order valence-corrected chi connectivity index (χ3v) is 4.97. The summed E-state index contributed by atoms with van der Waals surface area (Å²) in [6.45, 7) is 5.15. The van der Waals surface area contributed by atoms with Gasteiger partial charge in [0, 0.05) is 26.1 Å². The minimum absolute atomic E-state index is 0.154. The van der Waals surface area contributed by atoms with E-state index in [-0.39, 0.29) is 18.9 Å². The van der Waals surface area contributed by atoms with Crippen LogP contribution in [0.3, 0.4) is 0 Å². The Morgan fingerprint density at radius 3 is 2.33 bits per heavy atom. The van der Waals surface area contributed by atoms with E-state index in [0.29, 0.717) is 19.0 Å². The summed E-state index contributed by atoms with van der Waals surface area (Å²) in [7, 11) is -1.69. The molecule has 1 N–H and O–H groups in total. The third kappa shape index (κ3) is 7.79. The van der Waals surface area contributed by atoms with Crippen molar-refractivity contribution in [3.8, 4) is 5.75 Å². The van der Waals surface area contributed by atoms with Gasteiger partial charge in [-0.05, 0) is 30.0 Å². The highest BCUT2D eigenvalue weighted by atomic mass is 32.2. The second-order valence-corrected chi connectivity index (χ2v) is 8.20. The van der Waals surface area contributed by atoms with Crippen molar-refractivity contribution >= 4 is 15.9 Å². The van der Waals surface area contributed by atoms with Crippen molar-refractivity contribution in [3.63, 3.8) is 0 Å². The quantitative estimate of drug-likeness (QED) is 0.696. The Balaban J connectivity index is 2.44. The van der Waals surface area contributed by atoms with Gasteiger partial charge in [-0.25, -0.2) is 12.7 Å². The van der Waals surface area contributed by atoms with Crippen molar-refractivity contribution in [2.24, 2.45) is 5.92 Å². The number of carbonyl (C=O) groups is 1. The average Bonchev–Trinajstić information content (AvgIpc) is 2.51. The summed E-state index contributed by atoms with van der Waals surface area (Å²) in [5, 5.41) is 2.81. The lowest BCUT2D eigenvalue weighted by Gasteiger charge is -2.20. The number of sulfonamides is 1. The summed E-state index contributed by atoms with van der Waals surface area (Å²) in [6, 6.07) is 7.42. The number of nitrogens with one attached hydrogen (secondary N) is 1. The van der Waals surface area contributed by atoms with E-state index in [0.717, 1.165) is 17.7 Å². The first-order valence-electron chi connectivity index (χ1n) is 8.07. The molecule has 1 rings (SSSR count). The molecule has 7 heteroatoms. The Bertz CT molecular complexity index is 612. The van der Waals surface area contributed by atoms with Gasteiger partial charge in [-0.15, -0.1) is 0 Å². The molecular formula is C17H28N2O4S. The summed E-state index contributed by atoms with van der Waals surface area (Å²) in [5.74, 6) is 1.01. The van der Waals surface area contributed by atoms with Gasteiger partial charge in [0.05, 0.1) is 13.4 Å². The molecule has 0 saturated heterocycles. The molecule has 24 heavy (non-hydrogen) atoms. The summed E-state index contributed by atoms with van der Waals surface area (Å²) in [5.41, 5.74) is 0.962. The maximum atomic E-state index is 12.0. The molecule has 0 fully saturated rings. The minimum atomic E-state index is -3.29. The Hall–Kier alpha value is -1.60. The van der Waals surface area contributed by atoms with Gasteiger partial charge in [-0.3, -0.25) is 4.79 Å². The van der Waals surface area contributed by atoms with Crippen molar-refractivity contribution in [1.82, 2.24) is 9.62 Å². The SMILES string of the molecule is COc1ccc(CNC(=O)CCN(CCC(C)C)S(C)(=O)=O)cc1. The number of rotatable bonds is 10. The molecule has 1 aromatic rings. The number of methoxy groups -OCH3 is 1. The van der Waals surface area contributed by atoms with Crippen LogP contribution in [0.5, 0.6) is 5.75 Å². The molecule has 0 saturated carbocycles. The van der Waals surface area contributed by atoms with E-state index in [4.69, 9.17) is 4.74 Å². The summed E-state index contributed by atoms with van der Waals surface area (Å²) < 4.78 is 30.0. The van der Waals surface area contributed by atoms with Crippen LogP contribution in [0.2, 0.25) is 0 Å². The van der Waals surface area contributed by atoms with Crippen molar-refractivity contribution in [2.45, 2.75) is 33.2 Å². The molecule has 1 amide bonds. The first-order chi connectivity index (χ1) is 11.2. The van der Waals surface area contributed by atoms with Crippen molar-refractivity contribution in [1.29, 1.82) is 0 Å². The molecule has 0 spiro atoms. The maximum Gasteiger partial charge on any atom is 0.221 e. The van der Waals surface area contributed by atoms with E-state index in [9.17, 15) is 13.2 Å². The zero-order valence-electron chi connectivity index (χ0n) is 14.9. The first kappa shape index (κ1) is 20.4. The van der Waals surface area contributed by atoms with E-state index in [1.54, 1.807) is 7.11 Å². The average molecular weight is 356 g/mol.